The van der Waals surface area contributed by atoms with Gasteiger partial charge in [0.1, 0.15) is 5.75 Å². The number of hydrogen-bond donors (Lipinski definition) is 2. The van der Waals surface area contributed by atoms with E-state index in [1.807, 2.05) is 19.2 Å². The number of piperazine rings is 1. The van der Waals surface area contributed by atoms with Crippen LogP contribution >= 0.6 is 0 Å². The summed E-state index contributed by atoms with van der Waals surface area (Å²) in [6.45, 7) is 5.17. The van der Waals surface area contributed by atoms with Gasteiger partial charge in [-0.05, 0) is 18.9 Å². The standard InChI is InChI=1S/C21H34N2O4.C2H2O4/c1-24-18-8-6-5-7-17(18)23-11-9-22(10-12-23)15-16-13-20(26-3)21(27-4)14-19(16)25-2;3-1(4)2(5)6/h13-14,17-18H,5-12,15H2,1-4H3;(H,3,4)(H,5,6). The van der Waals surface area contributed by atoms with Gasteiger partial charge in [0.25, 0.3) is 0 Å². The van der Waals surface area contributed by atoms with E-state index in [0.717, 1.165) is 49.8 Å². The summed E-state index contributed by atoms with van der Waals surface area (Å²) >= 11 is 0. The molecule has 0 radical (unpaired) electrons. The van der Waals surface area contributed by atoms with Crippen molar-refractivity contribution in [3.63, 3.8) is 0 Å². The molecular formula is C23H36N2O8. The van der Waals surface area contributed by atoms with Gasteiger partial charge in [-0.2, -0.15) is 0 Å². The molecule has 1 saturated carbocycles. The molecule has 0 bridgehead atoms. The third kappa shape index (κ3) is 7.48. The number of carboxylic acids is 2. The molecule has 1 aromatic carbocycles. The molecule has 10 nitrogen and oxygen atoms in total. The lowest BCUT2D eigenvalue weighted by molar-refractivity contribution is -0.159. The van der Waals surface area contributed by atoms with Gasteiger partial charge in [0.2, 0.25) is 0 Å². The summed E-state index contributed by atoms with van der Waals surface area (Å²) in [6, 6.07) is 4.53. The highest BCUT2D eigenvalue weighted by molar-refractivity contribution is 6.27. The molecule has 10 heteroatoms. The third-order valence-electron chi connectivity index (χ3n) is 6.21. The van der Waals surface area contributed by atoms with E-state index in [0.29, 0.717) is 17.9 Å². The fourth-order valence-electron chi connectivity index (χ4n) is 4.48. The van der Waals surface area contributed by atoms with Crippen LogP contribution in [-0.2, 0) is 20.9 Å². The fraction of sp³-hybridized carbons (Fsp3) is 0.652. The van der Waals surface area contributed by atoms with E-state index in [1.165, 1.54) is 25.7 Å². The van der Waals surface area contributed by atoms with Crippen LogP contribution in [0.2, 0.25) is 0 Å². The molecule has 0 aromatic heterocycles. The molecule has 1 saturated heterocycles. The first-order chi connectivity index (χ1) is 15.8. The zero-order chi connectivity index (χ0) is 24.4. The van der Waals surface area contributed by atoms with Crippen LogP contribution in [0.1, 0.15) is 31.2 Å². The lowest BCUT2D eigenvalue weighted by Crippen LogP contribution is -2.54. The van der Waals surface area contributed by atoms with Crippen molar-refractivity contribution in [1.29, 1.82) is 0 Å². The summed E-state index contributed by atoms with van der Waals surface area (Å²) in [5.74, 6) is -1.35. The van der Waals surface area contributed by atoms with Crippen LogP contribution in [0.3, 0.4) is 0 Å². The zero-order valence-electron chi connectivity index (χ0n) is 19.9. The number of carboxylic acid groups (broad SMARTS) is 2. The summed E-state index contributed by atoms with van der Waals surface area (Å²) in [4.78, 5) is 23.3. The van der Waals surface area contributed by atoms with Crippen LogP contribution in [0.4, 0.5) is 0 Å². The number of carbonyl (C=O) groups is 2. The van der Waals surface area contributed by atoms with Crippen LogP contribution in [0.5, 0.6) is 17.2 Å². The highest BCUT2D eigenvalue weighted by atomic mass is 16.5. The maximum Gasteiger partial charge on any atom is 0.414 e. The Bertz CT molecular complexity index is 768. The Morgan fingerprint density at radius 2 is 1.39 bits per heavy atom. The van der Waals surface area contributed by atoms with Crippen molar-refractivity contribution in [1.82, 2.24) is 9.80 Å². The van der Waals surface area contributed by atoms with Gasteiger partial charge in [-0.15, -0.1) is 0 Å². The van der Waals surface area contributed by atoms with E-state index in [2.05, 4.69) is 9.80 Å². The molecule has 2 aliphatic rings. The van der Waals surface area contributed by atoms with Crippen molar-refractivity contribution in [3.05, 3.63) is 17.7 Å². The Balaban J connectivity index is 0.000000569. The van der Waals surface area contributed by atoms with Crippen molar-refractivity contribution >= 4 is 11.9 Å². The van der Waals surface area contributed by atoms with E-state index in [1.54, 1.807) is 21.3 Å². The number of aliphatic carboxylic acids is 2. The SMILES string of the molecule is COc1cc(OC)c(OC)cc1CN1CCN(C2CCCCC2OC)CC1.O=C(O)C(=O)O. The molecule has 2 fully saturated rings. The smallest absolute Gasteiger partial charge is 0.414 e. The first-order valence-corrected chi connectivity index (χ1v) is 11.1. The maximum atomic E-state index is 9.10. The summed E-state index contributed by atoms with van der Waals surface area (Å²) < 4.78 is 22.2. The Morgan fingerprint density at radius 1 is 0.848 bits per heavy atom. The fourth-order valence-corrected chi connectivity index (χ4v) is 4.48. The average Bonchev–Trinajstić information content (AvgIpc) is 2.84. The molecule has 2 atom stereocenters. The van der Waals surface area contributed by atoms with Crippen LogP contribution in [0, 0.1) is 0 Å². The number of nitrogens with zero attached hydrogens (tertiary/aromatic N) is 2. The number of hydrogen-bond acceptors (Lipinski definition) is 8. The van der Waals surface area contributed by atoms with Crippen LogP contribution in [0.25, 0.3) is 0 Å². The summed E-state index contributed by atoms with van der Waals surface area (Å²) in [5, 5.41) is 14.8. The molecule has 33 heavy (non-hydrogen) atoms. The predicted molar refractivity (Wildman–Crippen MR) is 121 cm³/mol. The van der Waals surface area contributed by atoms with E-state index in [-0.39, 0.29) is 0 Å². The van der Waals surface area contributed by atoms with E-state index >= 15 is 0 Å². The van der Waals surface area contributed by atoms with Crippen molar-refractivity contribution in [3.8, 4) is 17.2 Å². The molecule has 1 aliphatic carbocycles. The lowest BCUT2D eigenvalue weighted by Gasteiger charge is -2.43. The highest BCUT2D eigenvalue weighted by Gasteiger charge is 2.32. The maximum absolute atomic E-state index is 9.10. The van der Waals surface area contributed by atoms with Crippen molar-refractivity contribution in [2.45, 2.75) is 44.4 Å². The first kappa shape index (κ1) is 26.7. The van der Waals surface area contributed by atoms with Gasteiger partial charge >= 0.3 is 11.9 Å². The summed E-state index contributed by atoms with van der Waals surface area (Å²) in [5.41, 5.74) is 1.14. The minimum Gasteiger partial charge on any atom is -0.496 e. The van der Waals surface area contributed by atoms with Crippen LogP contribution in [-0.4, -0.2) is 98.7 Å². The van der Waals surface area contributed by atoms with Crippen molar-refractivity contribution in [2.75, 3.05) is 54.6 Å². The lowest BCUT2D eigenvalue weighted by atomic mass is 9.90. The van der Waals surface area contributed by atoms with Gasteiger partial charge < -0.3 is 29.2 Å². The van der Waals surface area contributed by atoms with Gasteiger partial charge in [0.05, 0.1) is 27.4 Å². The monoisotopic (exact) mass is 468 g/mol. The second-order valence-corrected chi connectivity index (χ2v) is 8.07. The van der Waals surface area contributed by atoms with Crippen LogP contribution < -0.4 is 14.2 Å². The second-order valence-electron chi connectivity index (χ2n) is 8.07. The highest BCUT2D eigenvalue weighted by Crippen LogP contribution is 2.35. The minimum absolute atomic E-state index is 0.399. The molecule has 0 spiro atoms. The molecule has 186 valence electrons. The molecular weight excluding hydrogens is 432 g/mol. The number of methoxy groups -OCH3 is 4. The number of ether oxygens (including phenoxy) is 4. The van der Waals surface area contributed by atoms with Gasteiger partial charge in [-0.25, -0.2) is 9.59 Å². The van der Waals surface area contributed by atoms with Gasteiger partial charge in [0.15, 0.2) is 11.5 Å². The molecule has 0 amide bonds. The quantitative estimate of drug-likeness (QED) is 0.575. The molecule has 2 N–H and O–H groups in total. The summed E-state index contributed by atoms with van der Waals surface area (Å²) in [7, 11) is 6.89. The minimum atomic E-state index is -1.82. The van der Waals surface area contributed by atoms with Crippen molar-refractivity contribution < 1.29 is 38.7 Å². The largest absolute Gasteiger partial charge is 0.496 e. The Morgan fingerprint density at radius 3 is 1.91 bits per heavy atom. The van der Waals surface area contributed by atoms with Gasteiger partial charge in [-0.1, -0.05) is 12.8 Å². The van der Waals surface area contributed by atoms with Gasteiger partial charge in [-0.3, -0.25) is 9.80 Å². The molecule has 3 rings (SSSR count). The molecule has 2 unspecified atom stereocenters. The van der Waals surface area contributed by atoms with Crippen LogP contribution in [0.15, 0.2) is 12.1 Å². The third-order valence-corrected chi connectivity index (χ3v) is 6.21. The van der Waals surface area contributed by atoms with E-state index in [4.69, 9.17) is 38.7 Å². The Labute approximate surface area is 195 Å². The first-order valence-electron chi connectivity index (χ1n) is 11.1. The Hall–Kier alpha value is -2.56. The number of rotatable bonds is 7. The topological polar surface area (TPSA) is 118 Å². The molecule has 1 heterocycles. The van der Waals surface area contributed by atoms with Crippen molar-refractivity contribution in [2.24, 2.45) is 0 Å². The number of benzene rings is 1. The van der Waals surface area contributed by atoms with Gasteiger partial charge in [0, 0.05) is 57.5 Å². The van der Waals surface area contributed by atoms with E-state index in [9.17, 15) is 0 Å². The van der Waals surface area contributed by atoms with E-state index < -0.39 is 11.9 Å². The predicted octanol–water partition coefficient (Wildman–Crippen LogP) is 1.94. The average molecular weight is 469 g/mol. The molecule has 1 aliphatic heterocycles. The Kier molecular flexibility index (Phi) is 10.7. The zero-order valence-corrected chi connectivity index (χ0v) is 19.9. The second kappa shape index (κ2) is 13.2. The molecule has 1 aromatic rings. The normalized spacial score (nSPS) is 21.5. The summed E-state index contributed by atoms with van der Waals surface area (Å²) in [6.07, 6.45) is 5.49.